The molecule has 17 heavy (non-hydrogen) atoms. The second-order valence-corrected chi connectivity index (χ2v) is 4.26. The predicted molar refractivity (Wildman–Crippen MR) is 72.2 cm³/mol. The minimum atomic E-state index is 0.698. The highest BCUT2D eigenvalue weighted by molar-refractivity contribution is 5.34. The lowest BCUT2D eigenvalue weighted by Crippen LogP contribution is -2.20. The fourth-order valence-corrected chi connectivity index (χ4v) is 1.35. The van der Waals surface area contributed by atoms with Crippen molar-refractivity contribution in [2.75, 3.05) is 13.1 Å². The number of benzene rings is 1. The summed E-state index contributed by atoms with van der Waals surface area (Å²) in [7, 11) is 0. The molecule has 3 heteroatoms. The van der Waals surface area contributed by atoms with Crippen molar-refractivity contribution in [3.8, 4) is 0 Å². The normalized spacial score (nSPS) is 10.5. The van der Waals surface area contributed by atoms with E-state index in [9.17, 15) is 0 Å². The Kier molecular flexibility index (Phi) is 5.14. The molecule has 0 amide bonds. The smallest absolute Gasteiger partial charge is 0.0874 e. The van der Waals surface area contributed by atoms with Gasteiger partial charge in [-0.15, -0.1) is 5.11 Å². The highest BCUT2D eigenvalue weighted by atomic mass is 15.5. The van der Waals surface area contributed by atoms with Gasteiger partial charge in [0.1, 0.15) is 0 Å². The maximum atomic E-state index is 4.21. The maximum absolute atomic E-state index is 4.21. The highest BCUT2D eigenvalue weighted by Gasteiger charge is 2.01. The van der Waals surface area contributed by atoms with Crippen LogP contribution in [0.2, 0.25) is 0 Å². The third kappa shape index (κ3) is 5.66. The molecule has 1 aromatic rings. The summed E-state index contributed by atoms with van der Waals surface area (Å²) in [5.74, 6) is 0. The van der Waals surface area contributed by atoms with Gasteiger partial charge in [-0.2, -0.15) is 0 Å². The van der Waals surface area contributed by atoms with Crippen molar-refractivity contribution in [1.82, 2.24) is 5.01 Å². The van der Waals surface area contributed by atoms with Gasteiger partial charge in [-0.3, -0.25) is 5.01 Å². The third-order valence-electron chi connectivity index (χ3n) is 1.95. The van der Waals surface area contributed by atoms with E-state index in [4.69, 9.17) is 0 Å². The molecule has 0 bridgehead atoms. The molecule has 1 aromatic carbocycles. The summed E-state index contributed by atoms with van der Waals surface area (Å²) in [4.78, 5) is 0. The van der Waals surface area contributed by atoms with Gasteiger partial charge < -0.3 is 0 Å². The minimum Gasteiger partial charge on any atom is -0.270 e. The van der Waals surface area contributed by atoms with E-state index >= 15 is 0 Å². The molecule has 0 fully saturated rings. The molecular weight excluding hydrogens is 210 g/mol. The Balaban J connectivity index is 2.68. The largest absolute Gasteiger partial charge is 0.270 e. The minimum absolute atomic E-state index is 0.698. The summed E-state index contributed by atoms with van der Waals surface area (Å²) >= 11 is 0. The molecule has 0 aliphatic heterocycles. The van der Waals surface area contributed by atoms with Crippen LogP contribution in [-0.4, -0.2) is 18.1 Å². The summed E-state index contributed by atoms with van der Waals surface area (Å²) in [6.07, 6.45) is 0. The van der Waals surface area contributed by atoms with Crippen LogP contribution >= 0.6 is 0 Å². The van der Waals surface area contributed by atoms with Gasteiger partial charge in [-0.05, 0) is 26.0 Å². The van der Waals surface area contributed by atoms with Crippen LogP contribution in [0.15, 0.2) is 65.0 Å². The van der Waals surface area contributed by atoms with Gasteiger partial charge >= 0.3 is 0 Å². The molecule has 0 N–H and O–H groups in total. The van der Waals surface area contributed by atoms with E-state index in [1.54, 1.807) is 0 Å². The lowest BCUT2D eigenvalue weighted by atomic mass is 10.3. The van der Waals surface area contributed by atoms with E-state index in [0.717, 1.165) is 16.8 Å². The van der Waals surface area contributed by atoms with Crippen LogP contribution in [0.3, 0.4) is 0 Å². The molecule has 0 aliphatic carbocycles. The number of nitrogens with zero attached hydrogens (tertiary/aromatic N) is 3. The van der Waals surface area contributed by atoms with Gasteiger partial charge in [0.05, 0.1) is 18.8 Å². The first-order valence-corrected chi connectivity index (χ1v) is 5.58. The van der Waals surface area contributed by atoms with Gasteiger partial charge in [-0.25, -0.2) is 0 Å². The molecule has 0 saturated carbocycles. The maximum Gasteiger partial charge on any atom is 0.0874 e. The van der Waals surface area contributed by atoms with Gasteiger partial charge in [0, 0.05) is 0 Å². The van der Waals surface area contributed by atoms with E-state index < -0.39 is 0 Å². The lowest BCUT2D eigenvalue weighted by molar-refractivity contribution is 0.318. The van der Waals surface area contributed by atoms with E-state index in [-0.39, 0.29) is 0 Å². The Morgan fingerprint density at radius 2 is 1.59 bits per heavy atom. The molecule has 0 heterocycles. The first-order chi connectivity index (χ1) is 8.08. The molecule has 0 unspecified atom stereocenters. The number of hydrogen-bond donors (Lipinski definition) is 0. The Morgan fingerprint density at radius 1 is 1.06 bits per heavy atom. The average molecular weight is 229 g/mol. The molecule has 0 atom stereocenters. The molecule has 0 radical (unpaired) electrons. The molecule has 0 spiro atoms. The molecular formula is C14H19N3. The molecule has 3 nitrogen and oxygen atoms in total. The summed E-state index contributed by atoms with van der Waals surface area (Å²) in [5, 5.41) is 10.3. The average Bonchev–Trinajstić information content (AvgIpc) is 2.26. The Labute approximate surface area is 103 Å². The summed E-state index contributed by atoms with van der Waals surface area (Å²) in [5.41, 5.74) is 2.96. The van der Waals surface area contributed by atoms with Crippen LogP contribution in [-0.2, 0) is 0 Å². The van der Waals surface area contributed by atoms with Crippen molar-refractivity contribution in [2.24, 2.45) is 10.3 Å². The summed E-state index contributed by atoms with van der Waals surface area (Å²) in [6.45, 7) is 13.1. The van der Waals surface area contributed by atoms with Crippen molar-refractivity contribution < 1.29 is 0 Å². The molecule has 0 aromatic heterocycles. The molecule has 1 rings (SSSR count). The highest BCUT2D eigenvalue weighted by Crippen LogP contribution is 2.12. The number of hydrogen-bond acceptors (Lipinski definition) is 2. The zero-order valence-electron chi connectivity index (χ0n) is 10.6. The zero-order valence-corrected chi connectivity index (χ0v) is 10.6. The van der Waals surface area contributed by atoms with Crippen LogP contribution in [0.25, 0.3) is 0 Å². The Morgan fingerprint density at radius 3 is 2.06 bits per heavy atom. The van der Waals surface area contributed by atoms with Crippen molar-refractivity contribution >= 4 is 5.69 Å². The summed E-state index contributed by atoms with van der Waals surface area (Å²) < 4.78 is 0. The second-order valence-electron chi connectivity index (χ2n) is 4.26. The fourth-order valence-electron chi connectivity index (χ4n) is 1.35. The molecule has 0 saturated heterocycles. The topological polar surface area (TPSA) is 28.0 Å². The van der Waals surface area contributed by atoms with Crippen molar-refractivity contribution in [1.29, 1.82) is 0 Å². The molecule has 90 valence electrons. The van der Waals surface area contributed by atoms with Crippen LogP contribution in [0.5, 0.6) is 0 Å². The second kappa shape index (κ2) is 6.63. The van der Waals surface area contributed by atoms with Gasteiger partial charge in [0.15, 0.2) is 0 Å². The van der Waals surface area contributed by atoms with Crippen LogP contribution in [0.1, 0.15) is 13.8 Å². The summed E-state index contributed by atoms with van der Waals surface area (Å²) in [6, 6.07) is 9.68. The lowest BCUT2D eigenvalue weighted by Gasteiger charge is -2.17. The van der Waals surface area contributed by atoms with Crippen LogP contribution in [0.4, 0.5) is 5.69 Å². The van der Waals surface area contributed by atoms with E-state index in [1.807, 2.05) is 49.2 Å². The first-order valence-electron chi connectivity index (χ1n) is 5.58. The van der Waals surface area contributed by atoms with Crippen molar-refractivity contribution in [3.05, 3.63) is 54.6 Å². The van der Waals surface area contributed by atoms with Gasteiger partial charge in [0.25, 0.3) is 0 Å². The van der Waals surface area contributed by atoms with E-state index in [2.05, 4.69) is 23.5 Å². The fraction of sp³-hybridized carbons (Fsp3) is 0.286. The standard InChI is InChI=1S/C14H19N3/c1-12(2)10-17(11-13(3)4)16-15-14-8-6-5-7-9-14/h5-9H,1,3,10-11H2,2,4H3. The number of rotatable bonds is 6. The van der Waals surface area contributed by atoms with Crippen molar-refractivity contribution in [3.63, 3.8) is 0 Å². The quantitative estimate of drug-likeness (QED) is 0.409. The van der Waals surface area contributed by atoms with Gasteiger partial charge in [-0.1, -0.05) is 47.7 Å². The van der Waals surface area contributed by atoms with Crippen LogP contribution < -0.4 is 0 Å². The monoisotopic (exact) mass is 229 g/mol. The zero-order chi connectivity index (χ0) is 12.7. The first kappa shape index (κ1) is 13.2. The van der Waals surface area contributed by atoms with Gasteiger partial charge in [0.2, 0.25) is 0 Å². The van der Waals surface area contributed by atoms with Crippen molar-refractivity contribution in [2.45, 2.75) is 13.8 Å². The predicted octanol–water partition coefficient (Wildman–Crippen LogP) is 4.14. The Bertz CT molecular complexity index is 391. The third-order valence-corrected chi connectivity index (χ3v) is 1.95. The van der Waals surface area contributed by atoms with Crippen LogP contribution in [0, 0.1) is 0 Å². The Hall–Kier alpha value is -1.90. The SMILES string of the molecule is C=C(C)CN(CC(=C)C)N=Nc1ccccc1. The molecule has 0 aliphatic rings. The van der Waals surface area contributed by atoms with E-state index in [1.165, 1.54) is 0 Å². The van der Waals surface area contributed by atoms with E-state index in [0.29, 0.717) is 13.1 Å².